The Hall–Kier alpha value is -6.92. The predicted octanol–water partition coefficient (Wildman–Crippen LogP) is 7.81. The number of thiophene rings is 2. The lowest BCUT2D eigenvalue weighted by molar-refractivity contribution is -0.146. The van der Waals surface area contributed by atoms with Crippen molar-refractivity contribution in [3.63, 3.8) is 0 Å². The standard InChI is InChI=1S/C25H28N4O4S.C25H27N3O5S/c1-5-8-16-9-6-7-10-17(16)11-13-28-22-18(15(2)19(34-22)20-27-12-14-33-20)21(30)29(24(28)32)25(3,4)23(26)31;1-5-8-16-9-6-7-10-17(16)11-13-27-22-18(15(2)19(34-22)20-26-12-14-33-20)21(29)28(24(27)32)25(3,4)23(30)31/h6-7,9-10,12,14H,5,8,11,13H2,1-4H3,(H2,26,31);6-7,9-10,12,14H,5,8,11,13H2,1-4H3,(H,30,31). The third-order valence-electron chi connectivity index (χ3n) is 12.4. The molecule has 8 aromatic rings. The van der Waals surface area contributed by atoms with E-state index in [2.05, 4.69) is 42.0 Å². The molecule has 0 aliphatic carbocycles. The first-order valence-electron chi connectivity index (χ1n) is 22.4. The van der Waals surface area contributed by atoms with Crippen LogP contribution >= 0.6 is 22.7 Å². The number of oxazole rings is 2. The number of hydrogen-bond acceptors (Lipinski definition) is 12. The summed E-state index contributed by atoms with van der Waals surface area (Å²) in [6.45, 7) is 14.2. The van der Waals surface area contributed by atoms with Gasteiger partial charge in [0, 0.05) is 13.1 Å². The summed E-state index contributed by atoms with van der Waals surface area (Å²) in [5, 5.41) is 10.5. The Kier molecular flexibility index (Phi) is 14.2. The van der Waals surface area contributed by atoms with E-state index in [9.17, 15) is 33.9 Å². The van der Waals surface area contributed by atoms with Gasteiger partial charge in [0.25, 0.3) is 11.1 Å². The number of aromatic nitrogens is 6. The van der Waals surface area contributed by atoms with Crippen molar-refractivity contribution >= 4 is 55.0 Å². The predicted molar refractivity (Wildman–Crippen MR) is 265 cm³/mol. The first kappa shape index (κ1) is 49.0. The second-order valence-electron chi connectivity index (χ2n) is 17.6. The Morgan fingerprint density at radius 1 is 0.632 bits per heavy atom. The van der Waals surface area contributed by atoms with Crippen LogP contribution in [-0.4, -0.2) is 45.2 Å². The summed E-state index contributed by atoms with van der Waals surface area (Å²) < 4.78 is 15.9. The summed E-state index contributed by atoms with van der Waals surface area (Å²) in [5.74, 6) is -1.28. The SMILES string of the molecule is CCCc1ccccc1CCn1c(=O)n(C(C)(C)C(=O)O)c(=O)c2c(C)c(-c3ncco3)sc21.CCCc1ccccc1CCn1c(=O)n(C(C)(C)C(N)=O)c(=O)c2c(C)c(-c3ncco3)sc21. The van der Waals surface area contributed by atoms with Crippen LogP contribution in [0.1, 0.15) is 87.8 Å². The number of carbonyl (C=O) groups is 2. The number of aryl methyl sites for hydroxylation is 8. The normalized spacial score (nSPS) is 11.9. The van der Waals surface area contributed by atoms with Crippen LogP contribution in [0.4, 0.5) is 0 Å². The van der Waals surface area contributed by atoms with Gasteiger partial charge in [-0.1, -0.05) is 75.2 Å². The Labute approximate surface area is 399 Å². The molecule has 2 aromatic carbocycles. The number of rotatable bonds is 16. The number of amides is 1. The molecule has 18 heteroatoms. The van der Waals surface area contributed by atoms with Crippen LogP contribution in [0.15, 0.2) is 101 Å². The molecule has 1 amide bonds. The van der Waals surface area contributed by atoms with Gasteiger partial charge < -0.3 is 19.7 Å². The summed E-state index contributed by atoms with van der Waals surface area (Å²) in [6.07, 6.45) is 11.0. The third kappa shape index (κ3) is 8.97. The first-order chi connectivity index (χ1) is 32.4. The van der Waals surface area contributed by atoms with Crippen molar-refractivity contribution in [1.29, 1.82) is 0 Å². The van der Waals surface area contributed by atoms with Crippen molar-refractivity contribution in [2.75, 3.05) is 0 Å². The van der Waals surface area contributed by atoms with Gasteiger partial charge in [-0.25, -0.2) is 33.5 Å². The molecule has 0 spiro atoms. The highest BCUT2D eigenvalue weighted by Crippen LogP contribution is 2.37. The molecule has 3 N–H and O–H groups in total. The molecule has 0 unspecified atom stereocenters. The molecule has 6 aromatic heterocycles. The van der Waals surface area contributed by atoms with E-state index in [0.717, 1.165) is 45.9 Å². The zero-order valence-corrected chi connectivity index (χ0v) is 41.0. The Bertz CT molecular complexity index is 3180. The number of nitrogens with zero attached hydrogens (tertiary/aromatic N) is 6. The van der Waals surface area contributed by atoms with Crippen LogP contribution in [0.5, 0.6) is 0 Å². The van der Waals surface area contributed by atoms with Crippen LogP contribution in [0.25, 0.3) is 42.0 Å². The van der Waals surface area contributed by atoms with Crippen LogP contribution in [0.3, 0.4) is 0 Å². The average Bonchev–Trinajstić information content (AvgIpc) is 4.13. The van der Waals surface area contributed by atoms with Gasteiger partial charge in [-0.2, -0.15) is 0 Å². The fraction of sp³-hybridized carbons (Fsp3) is 0.360. The maximum absolute atomic E-state index is 13.7. The topological polar surface area (TPSA) is 220 Å². The quantitative estimate of drug-likeness (QED) is 0.0951. The van der Waals surface area contributed by atoms with E-state index in [1.54, 1.807) is 18.4 Å². The lowest BCUT2D eigenvalue weighted by atomic mass is 10.0. The number of carboxylic acid groups (broad SMARTS) is 1. The van der Waals surface area contributed by atoms with Gasteiger partial charge in [0.15, 0.2) is 0 Å². The van der Waals surface area contributed by atoms with Crippen molar-refractivity contribution in [2.45, 2.75) is 118 Å². The monoisotopic (exact) mass is 961 g/mol. The molecule has 8 rings (SSSR count). The number of benzene rings is 2. The van der Waals surface area contributed by atoms with Gasteiger partial charge in [-0.3, -0.25) is 23.5 Å². The molecule has 0 fully saturated rings. The maximum Gasteiger partial charge on any atom is 0.333 e. The summed E-state index contributed by atoms with van der Waals surface area (Å²) in [6, 6.07) is 16.3. The Balaban J connectivity index is 0.000000201. The lowest BCUT2D eigenvalue weighted by Crippen LogP contribution is -2.54. The van der Waals surface area contributed by atoms with Crippen molar-refractivity contribution in [1.82, 2.24) is 28.2 Å². The fourth-order valence-electron chi connectivity index (χ4n) is 8.45. The summed E-state index contributed by atoms with van der Waals surface area (Å²) >= 11 is 2.55. The second kappa shape index (κ2) is 19.7. The molecular weight excluding hydrogens is 907 g/mol. The van der Waals surface area contributed by atoms with E-state index in [4.69, 9.17) is 14.6 Å². The van der Waals surface area contributed by atoms with Gasteiger partial charge >= 0.3 is 17.3 Å². The minimum Gasteiger partial charge on any atom is -0.480 e. The molecule has 0 aliphatic rings. The number of primary amides is 1. The van der Waals surface area contributed by atoms with Gasteiger partial charge in [0.05, 0.1) is 32.9 Å². The lowest BCUT2D eigenvalue weighted by Gasteiger charge is -2.24. The summed E-state index contributed by atoms with van der Waals surface area (Å²) in [5.41, 5.74) is 6.02. The highest BCUT2D eigenvalue weighted by molar-refractivity contribution is 7.22. The number of aliphatic carboxylic acids is 1. The molecule has 16 nitrogen and oxygen atoms in total. The molecule has 0 bridgehead atoms. The van der Waals surface area contributed by atoms with E-state index in [0.29, 0.717) is 79.0 Å². The van der Waals surface area contributed by atoms with E-state index in [1.165, 1.54) is 91.0 Å². The number of fused-ring (bicyclic) bond motifs is 2. The zero-order chi connectivity index (χ0) is 49.2. The van der Waals surface area contributed by atoms with E-state index < -0.39 is 45.5 Å². The fourth-order valence-corrected chi connectivity index (χ4v) is 11.0. The first-order valence-corrected chi connectivity index (χ1v) is 24.0. The molecule has 0 radical (unpaired) electrons. The largest absolute Gasteiger partial charge is 0.480 e. The molecule has 68 heavy (non-hydrogen) atoms. The minimum absolute atomic E-state index is 0.303. The molecule has 0 saturated carbocycles. The van der Waals surface area contributed by atoms with Gasteiger partial charge in [0.1, 0.15) is 33.3 Å². The maximum atomic E-state index is 13.7. The molecule has 0 aliphatic heterocycles. The number of carbonyl (C=O) groups excluding carboxylic acids is 1. The van der Waals surface area contributed by atoms with E-state index in [1.807, 2.05) is 30.3 Å². The second-order valence-corrected chi connectivity index (χ2v) is 19.6. The number of hydrogen-bond donors (Lipinski definition) is 2. The molecular formula is C50H55N7O9S2. The Morgan fingerprint density at radius 3 is 1.32 bits per heavy atom. The van der Waals surface area contributed by atoms with Crippen molar-refractivity contribution < 1.29 is 23.5 Å². The van der Waals surface area contributed by atoms with Gasteiger partial charge in [0.2, 0.25) is 17.7 Å². The summed E-state index contributed by atoms with van der Waals surface area (Å²) in [7, 11) is 0. The molecule has 0 atom stereocenters. The van der Waals surface area contributed by atoms with Gasteiger partial charge in [-0.15, -0.1) is 22.7 Å². The van der Waals surface area contributed by atoms with Crippen molar-refractivity contribution in [2.24, 2.45) is 5.73 Å². The smallest absolute Gasteiger partial charge is 0.333 e. The third-order valence-corrected chi connectivity index (χ3v) is 15.0. The molecule has 6 heterocycles. The number of nitrogens with two attached hydrogens (primary N) is 1. The average molecular weight is 962 g/mol. The van der Waals surface area contributed by atoms with Crippen LogP contribution in [0.2, 0.25) is 0 Å². The minimum atomic E-state index is -1.72. The summed E-state index contributed by atoms with van der Waals surface area (Å²) in [4.78, 5) is 89.4. The van der Waals surface area contributed by atoms with Crippen molar-refractivity contribution in [3.8, 4) is 21.5 Å². The highest BCUT2D eigenvalue weighted by atomic mass is 32.1. The molecule has 356 valence electrons. The Morgan fingerprint density at radius 2 is 1.00 bits per heavy atom. The van der Waals surface area contributed by atoms with E-state index >= 15 is 0 Å². The van der Waals surface area contributed by atoms with E-state index in [-0.39, 0.29) is 0 Å². The van der Waals surface area contributed by atoms with Crippen LogP contribution in [0, 0.1) is 13.8 Å². The highest BCUT2D eigenvalue weighted by Gasteiger charge is 2.36. The van der Waals surface area contributed by atoms with Crippen LogP contribution < -0.4 is 28.2 Å². The van der Waals surface area contributed by atoms with Gasteiger partial charge in [-0.05, 0) is 101 Å². The van der Waals surface area contributed by atoms with Crippen molar-refractivity contribution in [3.05, 3.63) is 149 Å². The molecule has 0 saturated heterocycles. The zero-order valence-electron chi connectivity index (χ0n) is 39.4. The van der Waals surface area contributed by atoms with Crippen LogP contribution in [-0.2, 0) is 59.4 Å². The number of carboxylic acids is 1.